The first-order valence-electron chi connectivity index (χ1n) is 8.94. The molecule has 0 amide bonds. The Hall–Kier alpha value is -1.39. The van der Waals surface area contributed by atoms with Gasteiger partial charge in [0.25, 0.3) is 0 Å². The number of fused-ring (bicyclic) bond motifs is 2. The van der Waals surface area contributed by atoms with E-state index in [0.29, 0.717) is 12.1 Å². The molecule has 2 fully saturated rings. The van der Waals surface area contributed by atoms with Crippen molar-refractivity contribution in [2.45, 2.75) is 62.8 Å². The monoisotopic (exact) mass is 305 g/mol. The van der Waals surface area contributed by atoms with Gasteiger partial charge >= 0.3 is 5.97 Å². The number of esters is 1. The maximum absolute atomic E-state index is 12.8. The molecule has 120 valence electrons. The molecule has 3 rings (SSSR count). The van der Waals surface area contributed by atoms with E-state index in [-0.39, 0.29) is 11.7 Å². The van der Waals surface area contributed by atoms with Crippen molar-refractivity contribution >= 4 is 5.97 Å². The molecule has 22 heavy (non-hydrogen) atoms. The summed E-state index contributed by atoms with van der Waals surface area (Å²) < 4.78 is 22.2. The third-order valence-corrected chi connectivity index (χ3v) is 4.96. The number of piperidine rings is 1. The number of ether oxygens (including phenoxy) is 1. The Morgan fingerprint density at radius 1 is 1.32 bits per heavy atom. The molecule has 5 atom stereocenters. The van der Waals surface area contributed by atoms with E-state index >= 15 is 0 Å². The van der Waals surface area contributed by atoms with E-state index in [1.54, 1.807) is 30.3 Å². The highest BCUT2D eigenvalue weighted by Gasteiger charge is 2.40. The summed E-state index contributed by atoms with van der Waals surface area (Å²) in [4.78, 5) is 15.1. The predicted octanol–water partition coefficient (Wildman–Crippen LogP) is 2.32. The highest BCUT2D eigenvalue weighted by atomic mass is 16.5. The fourth-order valence-corrected chi connectivity index (χ4v) is 3.75. The first-order chi connectivity index (χ1) is 11.2. The Kier molecular flexibility index (Phi) is 3.80. The lowest BCUT2D eigenvalue weighted by Gasteiger charge is -2.36. The highest BCUT2D eigenvalue weighted by molar-refractivity contribution is 5.79. The first-order valence-corrected chi connectivity index (χ1v) is 7.94. The molecular formula is C18H25NO3. The van der Waals surface area contributed by atoms with Crippen LogP contribution in [0.4, 0.5) is 0 Å². The van der Waals surface area contributed by atoms with Crippen LogP contribution in [0.15, 0.2) is 30.3 Å². The molecule has 0 aromatic heterocycles. The second kappa shape index (κ2) is 6.39. The molecule has 4 nitrogen and oxygen atoms in total. The second-order valence-electron chi connectivity index (χ2n) is 6.38. The van der Waals surface area contributed by atoms with Crippen LogP contribution in [-0.2, 0) is 9.53 Å². The van der Waals surface area contributed by atoms with Gasteiger partial charge in [-0.05, 0) is 45.2 Å². The summed E-state index contributed by atoms with van der Waals surface area (Å²) in [6.45, 7) is 1.16. The van der Waals surface area contributed by atoms with E-state index in [1.807, 2.05) is 0 Å². The minimum Gasteiger partial charge on any atom is -0.462 e. The van der Waals surface area contributed by atoms with Crippen LogP contribution in [0, 0.1) is 0 Å². The minimum absolute atomic E-state index is 0.248. The summed E-state index contributed by atoms with van der Waals surface area (Å²) in [7, 11) is 2.10. The molecule has 0 aliphatic carbocycles. The number of hydrogen-bond acceptors (Lipinski definition) is 4. The van der Waals surface area contributed by atoms with Crippen molar-refractivity contribution in [3.8, 4) is 0 Å². The van der Waals surface area contributed by atoms with E-state index in [1.165, 1.54) is 0 Å². The number of carbonyl (C=O) groups excluding carboxylic acids is 1. The minimum atomic E-state index is -2.30. The van der Waals surface area contributed by atoms with Gasteiger partial charge in [0.2, 0.25) is 0 Å². The molecule has 2 bridgehead atoms. The van der Waals surface area contributed by atoms with E-state index in [4.69, 9.17) is 7.48 Å². The van der Waals surface area contributed by atoms with Gasteiger partial charge < -0.3 is 14.7 Å². The number of carbonyl (C=O) groups is 1. The molecule has 1 N–H and O–H groups in total. The van der Waals surface area contributed by atoms with Crippen LogP contribution >= 0.6 is 0 Å². The second-order valence-corrected chi connectivity index (χ2v) is 6.38. The van der Waals surface area contributed by atoms with Gasteiger partial charge in [-0.25, -0.2) is 0 Å². The summed E-state index contributed by atoms with van der Waals surface area (Å²) in [5.41, 5.74) is 0.269. The smallest absolute Gasteiger partial charge is 0.316 e. The van der Waals surface area contributed by atoms with Crippen LogP contribution in [0.25, 0.3) is 0 Å². The summed E-state index contributed by atoms with van der Waals surface area (Å²) in [6, 6.07) is 9.12. The van der Waals surface area contributed by atoms with Crippen LogP contribution in [0.5, 0.6) is 0 Å². The van der Waals surface area contributed by atoms with Gasteiger partial charge in [0, 0.05) is 13.5 Å². The molecule has 0 spiro atoms. The van der Waals surface area contributed by atoms with Crippen molar-refractivity contribution in [1.29, 1.82) is 0 Å². The molecule has 2 heterocycles. The van der Waals surface area contributed by atoms with E-state index < -0.39 is 17.9 Å². The average molecular weight is 305 g/mol. The van der Waals surface area contributed by atoms with Gasteiger partial charge in [0.1, 0.15) is 12.0 Å². The molecule has 2 aliphatic heterocycles. The summed E-state index contributed by atoms with van der Waals surface area (Å²) in [5.74, 6) is -3.01. The Balaban J connectivity index is 1.81. The molecule has 2 aliphatic rings. The van der Waals surface area contributed by atoms with Gasteiger partial charge in [0.15, 0.2) is 0 Å². The number of aliphatic hydroxyl groups is 1. The van der Waals surface area contributed by atoms with E-state index in [2.05, 4.69) is 11.9 Å². The standard InChI is InChI=1S/C18H25NO3/c1-12(20)17(13-6-4-3-5-7-13)18(21)22-16-10-14-8-9-15(11-16)19(14)2/h3-7,12,14-17,20H,8-11H2,1-2H3/t12?,14-,15?,16?,17?/m1/s1/i12D,17D. The van der Waals surface area contributed by atoms with Crippen molar-refractivity contribution in [1.82, 2.24) is 4.90 Å². The zero-order valence-electron chi connectivity index (χ0n) is 15.2. The fourth-order valence-electron chi connectivity index (χ4n) is 3.75. The third-order valence-electron chi connectivity index (χ3n) is 4.96. The lowest BCUT2D eigenvalue weighted by Crippen LogP contribution is -2.44. The Labute approximate surface area is 134 Å². The van der Waals surface area contributed by atoms with Crippen molar-refractivity contribution in [2.24, 2.45) is 0 Å². The lowest BCUT2D eigenvalue weighted by atomic mass is 9.94. The molecule has 1 aromatic rings. The molecule has 0 radical (unpaired) electrons. The molecule has 0 saturated carbocycles. The number of benzene rings is 1. The normalized spacial score (nSPS) is 35.0. The highest BCUT2D eigenvalue weighted by Crippen LogP contribution is 2.36. The van der Waals surface area contributed by atoms with Crippen LogP contribution in [0.3, 0.4) is 0 Å². The van der Waals surface area contributed by atoms with E-state index in [0.717, 1.165) is 32.6 Å². The molecule has 4 heteroatoms. The Morgan fingerprint density at radius 3 is 2.45 bits per heavy atom. The predicted molar refractivity (Wildman–Crippen MR) is 84.6 cm³/mol. The third kappa shape index (κ3) is 3.03. The van der Waals surface area contributed by atoms with Crippen LogP contribution in [-0.4, -0.2) is 47.3 Å². The van der Waals surface area contributed by atoms with Crippen molar-refractivity contribution in [3.63, 3.8) is 0 Å². The lowest BCUT2D eigenvalue weighted by molar-refractivity contribution is -0.156. The van der Waals surface area contributed by atoms with E-state index in [9.17, 15) is 9.90 Å². The maximum atomic E-state index is 12.8. The van der Waals surface area contributed by atoms with Crippen molar-refractivity contribution < 1.29 is 17.4 Å². The summed E-state index contributed by atoms with van der Waals surface area (Å²) in [5, 5.41) is 10.2. The van der Waals surface area contributed by atoms with Crippen molar-refractivity contribution in [3.05, 3.63) is 35.9 Å². The largest absolute Gasteiger partial charge is 0.462 e. The molecular weight excluding hydrogens is 278 g/mol. The number of nitrogens with zero attached hydrogens (tertiary/aromatic N) is 1. The van der Waals surface area contributed by atoms with Gasteiger partial charge in [-0.3, -0.25) is 4.79 Å². The van der Waals surface area contributed by atoms with Gasteiger partial charge in [0.05, 0.1) is 7.45 Å². The van der Waals surface area contributed by atoms with Gasteiger partial charge in [-0.15, -0.1) is 0 Å². The molecule has 1 aromatic carbocycles. The zero-order chi connectivity index (χ0) is 17.5. The Bertz CT molecular complexity index is 590. The van der Waals surface area contributed by atoms with Crippen LogP contribution in [0.1, 0.15) is 46.8 Å². The van der Waals surface area contributed by atoms with Gasteiger partial charge in [-0.2, -0.15) is 0 Å². The SMILES string of the molecule is [2H]C(C)(O)C([2H])(C(=O)OC1CC2CC[C@H](C1)N2C)c1ccccc1. The van der Waals surface area contributed by atoms with Crippen molar-refractivity contribution in [2.75, 3.05) is 7.05 Å². The summed E-state index contributed by atoms with van der Waals surface area (Å²) in [6.07, 6.45) is 1.18. The quantitative estimate of drug-likeness (QED) is 0.867. The average Bonchev–Trinajstić information content (AvgIpc) is 2.75. The van der Waals surface area contributed by atoms with Crippen LogP contribution < -0.4 is 0 Å². The first kappa shape index (κ1) is 13.1. The molecule has 4 unspecified atom stereocenters. The number of rotatable bonds is 4. The van der Waals surface area contributed by atoms with Crippen LogP contribution in [0.2, 0.25) is 0 Å². The topological polar surface area (TPSA) is 49.8 Å². The number of hydrogen-bond donors (Lipinski definition) is 1. The fraction of sp³-hybridized carbons (Fsp3) is 0.611. The zero-order valence-corrected chi connectivity index (χ0v) is 13.2. The molecule has 2 saturated heterocycles. The van der Waals surface area contributed by atoms with Gasteiger partial charge in [-0.1, -0.05) is 30.3 Å². The summed E-state index contributed by atoms with van der Waals surface area (Å²) >= 11 is 0. The Morgan fingerprint density at radius 2 is 1.91 bits per heavy atom. The maximum Gasteiger partial charge on any atom is 0.316 e.